The molecule has 1 aliphatic carbocycles. The first-order valence-electron chi connectivity index (χ1n) is 8.13. The SMILES string of the molecule is CCCCCCCCCOC(=O)C1CCC2OC2C1. The number of unbranched alkanes of at least 4 members (excludes halogenated alkanes) is 6. The molecule has 110 valence electrons. The molecule has 0 bridgehead atoms. The maximum atomic E-state index is 11.9. The van der Waals surface area contributed by atoms with E-state index in [1.165, 1.54) is 38.5 Å². The molecule has 3 heteroatoms. The quantitative estimate of drug-likeness (QED) is 0.362. The van der Waals surface area contributed by atoms with E-state index in [1.54, 1.807) is 0 Å². The van der Waals surface area contributed by atoms with E-state index in [4.69, 9.17) is 9.47 Å². The average molecular weight is 268 g/mol. The Morgan fingerprint density at radius 2 is 1.79 bits per heavy atom. The van der Waals surface area contributed by atoms with Crippen molar-refractivity contribution in [1.29, 1.82) is 0 Å². The number of carbonyl (C=O) groups is 1. The van der Waals surface area contributed by atoms with E-state index in [1.807, 2.05) is 0 Å². The van der Waals surface area contributed by atoms with Crippen LogP contribution in [0.1, 0.15) is 71.1 Å². The average Bonchev–Trinajstić information content (AvgIpc) is 3.19. The van der Waals surface area contributed by atoms with E-state index in [0.29, 0.717) is 18.8 Å². The van der Waals surface area contributed by atoms with Crippen LogP contribution < -0.4 is 0 Å². The standard InChI is InChI=1S/C16H28O3/c1-2-3-4-5-6-7-8-11-18-16(17)13-9-10-14-15(12-13)19-14/h13-15H,2-12H2,1H3. The fourth-order valence-corrected chi connectivity index (χ4v) is 2.97. The maximum absolute atomic E-state index is 11.9. The molecule has 0 radical (unpaired) electrons. The molecule has 2 fully saturated rings. The molecule has 0 aromatic heterocycles. The van der Waals surface area contributed by atoms with Gasteiger partial charge in [-0.05, 0) is 25.7 Å². The smallest absolute Gasteiger partial charge is 0.309 e. The molecule has 3 unspecified atom stereocenters. The molecule has 3 atom stereocenters. The lowest BCUT2D eigenvalue weighted by Crippen LogP contribution is -2.24. The number of hydrogen-bond donors (Lipinski definition) is 0. The van der Waals surface area contributed by atoms with Crippen LogP contribution in [-0.4, -0.2) is 24.8 Å². The second-order valence-corrected chi connectivity index (χ2v) is 6.01. The summed E-state index contributed by atoms with van der Waals surface area (Å²) in [7, 11) is 0. The van der Waals surface area contributed by atoms with Gasteiger partial charge in [-0.1, -0.05) is 45.4 Å². The molecule has 1 saturated heterocycles. The highest BCUT2D eigenvalue weighted by molar-refractivity contribution is 5.72. The largest absolute Gasteiger partial charge is 0.465 e. The van der Waals surface area contributed by atoms with Crippen LogP contribution in [0.2, 0.25) is 0 Å². The molecular formula is C16H28O3. The van der Waals surface area contributed by atoms with Crippen molar-refractivity contribution >= 4 is 5.97 Å². The Balaban J connectivity index is 1.43. The van der Waals surface area contributed by atoms with Gasteiger partial charge in [0.25, 0.3) is 0 Å². The highest BCUT2D eigenvalue weighted by atomic mass is 16.6. The highest BCUT2D eigenvalue weighted by Crippen LogP contribution is 2.39. The summed E-state index contributed by atoms with van der Waals surface area (Å²) in [4.78, 5) is 11.9. The van der Waals surface area contributed by atoms with Crippen LogP contribution >= 0.6 is 0 Å². The summed E-state index contributed by atoms with van der Waals surface area (Å²) >= 11 is 0. The van der Waals surface area contributed by atoms with E-state index >= 15 is 0 Å². The minimum absolute atomic E-state index is 0.0138. The van der Waals surface area contributed by atoms with Crippen molar-refractivity contribution in [3.8, 4) is 0 Å². The Labute approximate surface area is 117 Å². The molecule has 0 N–H and O–H groups in total. The summed E-state index contributed by atoms with van der Waals surface area (Å²) in [5.41, 5.74) is 0. The van der Waals surface area contributed by atoms with Gasteiger partial charge in [0.15, 0.2) is 0 Å². The molecule has 3 nitrogen and oxygen atoms in total. The molecule has 1 saturated carbocycles. The summed E-state index contributed by atoms with van der Waals surface area (Å²) < 4.78 is 10.8. The van der Waals surface area contributed by atoms with E-state index in [9.17, 15) is 4.79 Å². The van der Waals surface area contributed by atoms with Gasteiger partial charge in [-0.25, -0.2) is 0 Å². The molecule has 1 heterocycles. The monoisotopic (exact) mass is 268 g/mol. The Morgan fingerprint density at radius 3 is 2.53 bits per heavy atom. The van der Waals surface area contributed by atoms with Gasteiger partial charge in [0.05, 0.1) is 24.7 Å². The van der Waals surface area contributed by atoms with Crippen LogP contribution in [0.15, 0.2) is 0 Å². The lowest BCUT2D eigenvalue weighted by Gasteiger charge is -2.17. The first-order chi connectivity index (χ1) is 9.31. The van der Waals surface area contributed by atoms with Crippen molar-refractivity contribution in [2.75, 3.05) is 6.61 Å². The predicted octanol–water partition coefficient (Wildman–Crippen LogP) is 3.85. The molecule has 2 rings (SSSR count). The van der Waals surface area contributed by atoms with Gasteiger partial charge >= 0.3 is 5.97 Å². The summed E-state index contributed by atoms with van der Waals surface area (Å²) in [5.74, 6) is 0.119. The van der Waals surface area contributed by atoms with Gasteiger partial charge in [-0.3, -0.25) is 4.79 Å². The third-order valence-electron chi connectivity index (χ3n) is 4.33. The van der Waals surface area contributed by atoms with Gasteiger partial charge in [0.1, 0.15) is 0 Å². The Hall–Kier alpha value is -0.570. The van der Waals surface area contributed by atoms with Gasteiger partial charge in [0, 0.05) is 0 Å². The second kappa shape index (κ2) is 7.88. The molecule has 1 aliphatic heterocycles. The third-order valence-corrected chi connectivity index (χ3v) is 4.33. The van der Waals surface area contributed by atoms with Crippen molar-refractivity contribution < 1.29 is 14.3 Å². The van der Waals surface area contributed by atoms with Gasteiger partial charge in [-0.2, -0.15) is 0 Å². The lowest BCUT2D eigenvalue weighted by atomic mass is 9.89. The normalized spacial score (nSPS) is 28.8. The lowest BCUT2D eigenvalue weighted by molar-refractivity contribution is -0.149. The van der Waals surface area contributed by atoms with Crippen molar-refractivity contribution in [1.82, 2.24) is 0 Å². The fourth-order valence-electron chi connectivity index (χ4n) is 2.97. The number of fused-ring (bicyclic) bond motifs is 1. The highest BCUT2D eigenvalue weighted by Gasteiger charge is 2.46. The van der Waals surface area contributed by atoms with Crippen LogP contribution in [0, 0.1) is 5.92 Å². The summed E-state index contributed by atoms with van der Waals surface area (Å²) in [6, 6.07) is 0. The molecule has 0 amide bonds. The third kappa shape index (κ3) is 5.13. The number of epoxide rings is 1. The summed E-state index contributed by atoms with van der Waals surface area (Å²) in [6.45, 7) is 2.84. The molecular weight excluding hydrogens is 240 g/mol. The molecule has 0 spiro atoms. The van der Waals surface area contributed by atoms with E-state index in [0.717, 1.165) is 25.7 Å². The summed E-state index contributed by atoms with van der Waals surface area (Å²) in [5, 5.41) is 0. The number of hydrogen-bond acceptors (Lipinski definition) is 3. The number of rotatable bonds is 9. The number of esters is 1. The Kier molecular flexibility index (Phi) is 6.15. The minimum atomic E-state index is 0.0138. The van der Waals surface area contributed by atoms with Crippen LogP contribution in [-0.2, 0) is 14.3 Å². The first kappa shape index (κ1) is 14.8. The van der Waals surface area contributed by atoms with Crippen LogP contribution in [0.4, 0.5) is 0 Å². The molecule has 0 aromatic carbocycles. The molecule has 19 heavy (non-hydrogen) atoms. The van der Waals surface area contributed by atoms with Gasteiger partial charge < -0.3 is 9.47 Å². The molecule has 2 aliphatic rings. The van der Waals surface area contributed by atoms with E-state index < -0.39 is 0 Å². The Bertz CT molecular complexity index is 277. The Morgan fingerprint density at radius 1 is 1.05 bits per heavy atom. The zero-order valence-electron chi connectivity index (χ0n) is 12.2. The van der Waals surface area contributed by atoms with Crippen molar-refractivity contribution in [3.05, 3.63) is 0 Å². The van der Waals surface area contributed by atoms with Gasteiger partial charge in [0.2, 0.25) is 0 Å². The van der Waals surface area contributed by atoms with Crippen molar-refractivity contribution in [2.24, 2.45) is 5.92 Å². The minimum Gasteiger partial charge on any atom is -0.465 e. The number of carbonyl (C=O) groups excluding carboxylic acids is 1. The van der Waals surface area contributed by atoms with E-state index in [2.05, 4.69) is 6.92 Å². The van der Waals surface area contributed by atoms with Crippen LogP contribution in [0.3, 0.4) is 0 Å². The second-order valence-electron chi connectivity index (χ2n) is 6.01. The zero-order chi connectivity index (χ0) is 13.5. The van der Waals surface area contributed by atoms with Crippen molar-refractivity contribution in [2.45, 2.75) is 83.3 Å². The topological polar surface area (TPSA) is 38.8 Å². The zero-order valence-corrected chi connectivity index (χ0v) is 12.2. The van der Waals surface area contributed by atoms with Crippen LogP contribution in [0.25, 0.3) is 0 Å². The van der Waals surface area contributed by atoms with Crippen molar-refractivity contribution in [3.63, 3.8) is 0 Å². The van der Waals surface area contributed by atoms with Gasteiger partial charge in [-0.15, -0.1) is 0 Å². The first-order valence-corrected chi connectivity index (χ1v) is 8.13. The molecule has 0 aromatic rings. The van der Waals surface area contributed by atoms with Crippen LogP contribution in [0.5, 0.6) is 0 Å². The van der Waals surface area contributed by atoms with E-state index in [-0.39, 0.29) is 11.9 Å². The number of ether oxygens (including phenoxy) is 2. The summed E-state index contributed by atoms with van der Waals surface area (Å²) in [6.07, 6.45) is 12.5. The predicted molar refractivity (Wildman–Crippen MR) is 75.0 cm³/mol. The maximum Gasteiger partial charge on any atom is 0.309 e. The fraction of sp³-hybridized carbons (Fsp3) is 0.938.